The third-order valence-corrected chi connectivity index (χ3v) is 7.38. The number of hydrogen-bond acceptors (Lipinski definition) is 7. The molecule has 0 bridgehead atoms. The summed E-state index contributed by atoms with van der Waals surface area (Å²) in [6.07, 6.45) is 0. The van der Waals surface area contributed by atoms with Crippen molar-refractivity contribution >= 4 is 32.4 Å². The van der Waals surface area contributed by atoms with Gasteiger partial charge in [0.2, 0.25) is 10.0 Å². The lowest BCUT2D eigenvalue weighted by molar-refractivity contribution is -0.385. The van der Waals surface area contributed by atoms with Crippen molar-refractivity contribution in [2.45, 2.75) is 24.8 Å². The number of sulfonamides is 1. The fourth-order valence-electron chi connectivity index (χ4n) is 3.72. The number of nitrogens with one attached hydrogen (secondary N) is 2. The van der Waals surface area contributed by atoms with Crippen LogP contribution in [-0.4, -0.2) is 53.9 Å². The monoisotopic (exact) mass is 459 g/mol. The summed E-state index contributed by atoms with van der Waals surface area (Å²) in [5.74, 6) is 0.707. The van der Waals surface area contributed by atoms with Gasteiger partial charge in [0.1, 0.15) is 10.7 Å². The van der Waals surface area contributed by atoms with Crippen LogP contribution in [0.2, 0.25) is 0 Å². The van der Waals surface area contributed by atoms with E-state index in [-0.39, 0.29) is 48.8 Å². The van der Waals surface area contributed by atoms with E-state index in [0.29, 0.717) is 11.5 Å². The lowest BCUT2D eigenvalue weighted by Crippen LogP contribution is -2.40. The molecule has 0 radical (unpaired) electrons. The number of fused-ring (bicyclic) bond motifs is 1. The Morgan fingerprint density at radius 3 is 2.56 bits per heavy atom. The van der Waals surface area contributed by atoms with Gasteiger partial charge in [-0.05, 0) is 24.1 Å². The number of para-hydroxylation sites is 2. The standard InChI is InChI=1S/C21H25N5O5S/c1-14(2)20(21-23-16-5-3-4-6-17(16)24-21)22-18-8-7-15(26(27)28)13-19(18)32(29,30)25-9-11-31-12-10-25/h3-8,13-14,20,22H,9-12H2,1-2H3,(H,23,24)/t20-/m0/s1. The normalized spacial score (nSPS) is 16.3. The molecule has 2 heterocycles. The van der Waals surface area contributed by atoms with Gasteiger partial charge in [-0.1, -0.05) is 26.0 Å². The number of non-ortho nitro benzene ring substituents is 1. The van der Waals surface area contributed by atoms with Crippen LogP contribution < -0.4 is 5.32 Å². The minimum Gasteiger partial charge on any atom is -0.379 e. The van der Waals surface area contributed by atoms with Crippen LogP contribution in [0.1, 0.15) is 25.7 Å². The summed E-state index contributed by atoms with van der Waals surface area (Å²) in [5, 5.41) is 14.6. The van der Waals surface area contributed by atoms with Crippen molar-refractivity contribution in [3.63, 3.8) is 0 Å². The third-order valence-electron chi connectivity index (χ3n) is 5.44. The number of benzene rings is 2. The molecule has 0 saturated carbocycles. The largest absolute Gasteiger partial charge is 0.379 e. The van der Waals surface area contributed by atoms with Crippen LogP contribution >= 0.6 is 0 Å². The Morgan fingerprint density at radius 2 is 1.91 bits per heavy atom. The van der Waals surface area contributed by atoms with Crippen LogP contribution in [-0.2, 0) is 14.8 Å². The Hall–Kier alpha value is -3.02. The Labute approximate surface area is 185 Å². The van der Waals surface area contributed by atoms with E-state index in [4.69, 9.17) is 4.74 Å². The lowest BCUT2D eigenvalue weighted by Gasteiger charge is -2.28. The first-order chi connectivity index (χ1) is 15.3. The number of morpholine rings is 1. The molecule has 3 aromatic rings. The van der Waals surface area contributed by atoms with Crippen molar-refractivity contribution in [2.75, 3.05) is 31.6 Å². The topological polar surface area (TPSA) is 130 Å². The highest BCUT2D eigenvalue weighted by atomic mass is 32.2. The summed E-state index contributed by atoms with van der Waals surface area (Å²) >= 11 is 0. The van der Waals surface area contributed by atoms with Crippen molar-refractivity contribution in [1.82, 2.24) is 14.3 Å². The fourth-order valence-corrected chi connectivity index (χ4v) is 5.30. The van der Waals surface area contributed by atoms with Gasteiger partial charge in [-0.3, -0.25) is 10.1 Å². The van der Waals surface area contributed by atoms with Crippen LogP contribution in [0.4, 0.5) is 11.4 Å². The highest BCUT2D eigenvalue weighted by Gasteiger charge is 2.32. The van der Waals surface area contributed by atoms with Gasteiger partial charge in [0.05, 0.1) is 40.9 Å². The van der Waals surface area contributed by atoms with Crippen LogP contribution in [0.5, 0.6) is 0 Å². The Morgan fingerprint density at radius 1 is 1.19 bits per heavy atom. The molecule has 1 aliphatic rings. The molecule has 0 spiro atoms. The number of hydrogen-bond donors (Lipinski definition) is 2. The van der Waals surface area contributed by atoms with Crippen molar-refractivity contribution in [3.8, 4) is 0 Å². The van der Waals surface area contributed by atoms with Gasteiger partial charge >= 0.3 is 0 Å². The maximum atomic E-state index is 13.4. The molecular weight excluding hydrogens is 434 g/mol. The summed E-state index contributed by atoms with van der Waals surface area (Å²) in [7, 11) is -3.97. The number of imidazole rings is 1. The van der Waals surface area contributed by atoms with Gasteiger partial charge in [-0.25, -0.2) is 13.4 Å². The molecule has 4 rings (SSSR count). The van der Waals surface area contributed by atoms with Crippen LogP contribution in [0.3, 0.4) is 0 Å². The predicted molar refractivity (Wildman–Crippen MR) is 120 cm³/mol. The van der Waals surface area contributed by atoms with E-state index in [0.717, 1.165) is 17.1 Å². The van der Waals surface area contributed by atoms with Crippen molar-refractivity contribution in [1.29, 1.82) is 0 Å². The second kappa shape index (κ2) is 8.85. The van der Waals surface area contributed by atoms with E-state index < -0.39 is 14.9 Å². The van der Waals surface area contributed by atoms with E-state index in [1.165, 1.54) is 16.4 Å². The number of aromatic amines is 1. The fraction of sp³-hybridized carbons (Fsp3) is 0.381. The van der Waals surface area contributed by atoms with Gasteiger partial charge < -0.3 is 15.0 Å². The molecule has 1 aliphatic heterocycles. The first-order valence-electron chi connectivity index (χ1n) is 10.3. The summed E-state index contributed by atoms with van der Waals surface area (Å²) in [5.41, 5.74) is 1.69. The quantitative estimate of drug-likeness (QED) is 0.409. The molecule has 0 aliphatic carbocycles. The molecule has 1 fully saturated rings. The van der Waals surface area contributed by atoms with Crippen LogP contribution in [0.15, 0.2) is 47.4 Å². The zero-order chi connectivity index (χ0) is 22.9. The molecule has 32 heavy (non-hydrogen) atoms. The summed E-state index contributed by atoms with van der Waals surface area (Å²) in [6.45, 7) is 4.94. The lowest BCUT2D eigenvalue weighted by atomic mass is 10.0. The van der Waals surface area contributed by atoms with Gasteiger partial charge in [0, 0.05) is 25.2 Å². The number of nitro groups is 1. The third kappa shape index (κ3) is 4.31. The molecule has 11 heteroatoms. The number of nitrogens with zero attached hydrogens (tertiary/aromatic N) is 3. The Kier molecular flexibility index (Phi) is 6.13. The number of anilines is 1. The minimum atomic E-state index is -3.97. The molecule has 0 unspecified atom stereocenters. The number of ether oxygens (including phenoxy) is 1. The second-order valence-corrected chi connectivity index (χ2v) is 9.87. The molecule has 2 N–H and O–H groups in total. The summed E-state index contributed by atoms with van der Waals surface area (Å²) < 4.78 is 33.4. The van der Waals surface area contributed by atoms with Crippen LogP contribution in [0, 0.1) is 16.0 Å². The van der Waals surface area contributed by atoms with Gasteiger partial charge in [0.25, 0.3) is 5.69 Å². The highest BCUT2D eigenvalue weighted by molar-refractivity contribution is 7.89. The summed E-state index contributed by atoms with van der Waals surface area (Å²) in [4.78, 5) is 18.6. The zero-order valence-corrected chi connectivity index (χ0v) is 18.6. The molecule has 170 valence electrons. The molecule has 1 saturated heterocycles. The van der Waals surface area contributed by atoms with E-state index >= 15 is 0 Å². The van der Waals surface area contributed by atoms with Crippen LogP contribution in [0.25, 0.3) is 11.0 Å². The maximum Gasteiger partial charge on any atom is 0.270 e. The molecule has 2 aromatic carbocycles. The highest BCUT2D eigenvalue weighted by Crippen LogP contribution is 2.34. The Balaban J connectivity index is 1.76. The number of nitro benzene ring substituents is 1. The number of H-pyrrole nitrogens is 1. The average molecular weight is 460 g/mol. The van der Waals surface area contributed by atoms with E-state index in [1.807, 2.05) is 38.1 Å². The number of rotatable bonds is 7. The van der Waals surface area contributed by atoms with Gasteiger partial charge in [-0.15, -0.1) is 0 Å². The smallest absolute Gasteiger partial charge is 0.270 e. The molecule has 1 aromatic heterocycles. The summed E-state index contributed by atoms with van der Waals surface area (Å²) in [6, 6.07) is 11.1. The van der Waals surface area contributed by atoms with E-state index in [9.17, 15) is 18.5 Å². The first kappa shape index (κ1) is 22.2. The average Bonchev–Trinajstić information content (AvgIpc) is 3.21. The SMILES string of the molecule is CC(C)[C@H](Nc1ccc([N+](=O)[O-])cc1S(=O)(=O)N1CCOCC1)c1nc2ccccc2[nH]1. The minimum absolute atomic E-state index is 0.0460. The van der Waals surface area contributed by atoms with Crippen molar-refractivity contribution in [2.24, 2.45) is 5.92 Å². The van der Waals surface area contributed by atoms with Crippen molar-refractivity contribution in [3.05, 3.63) is 58.4 Å². The molecular formula is C21H25N5O5S. The molecule has 10 nitrogen and oxygen atoms in total. The van der Waals surface area contributed by atoms with E-state index in [1.54, 1.807) is 0 Å². The number of aromatic nitrogens is 2. The molecule has 1 atom stereocenters. The predicted octanol–water partition coefficient (Wildman–Crippen LogP) is 3.30. The molecule has 0 amide bonds. The zero-order valence-electron chi connectivity index (χ0n) is 17.8. The van der Waals surface area contributed by atoms with Gasteiger partial charge in [-0.2, -0.15) is 4.31 Å². The second-order valence-electron chi connectivity index (χ2n) is 7.96. The van der Waals surface area contributed by atoms with Gasteiger partial charge in [0.15, 0.2) is 0 Å². The Bertz CT molecular complexity index is 1200. The first-order valence-corrected chi connectivity index (χ1v) is 11.8. The van der Waals surface area contributed by atoms with E-state index in [2.05, 4.69) is 15.3 Å². The van der Waals surface area contributed by atoms with Crippen molar-refractivity contribution < 1.29 is 18.1 Å². The maximum absolute atomic E-state index is 13.4.